The van der Waals surface area contributed by atoms with E-state index in [9.17, 15) is 9.59 Å². The maximum atomic E-state index is 11.0. The first-order valence-corrected chi connectivity index (χ1v) is 3.26. The number of allylic oxidation sites excluding steroid dienone is 3. The van der Waals surface area contributed by atoms with Crippen LogP contribution in [0.5, 0.6) is 0 Å². The molecule has 0 bridgehead atoms. The van der Waals surface area contributed by atoms with Crippen LogP contribution in [0.2, 0.25) is 0 Å². The Labute approximate surface area is 65.0 Å². The van der Waals surface area contributed by atoms with Crippen LogP contribution >= 0.6 is 0 Å². The Kier molecular flexibility index (Phi) is 1.89. The molecule has 0 aliphatic heterocycles. The Bertz CT molecular complexity index is 261. The normalized spacial score (nSPS) is 16.7. The largest absolute Gasteiger partial charge is 0.374 e. The van der Waals surface area contributed by atoms with E-state index in [4.69, 9.17) is 0 Å². The van der Waals surface area contributed by atoms with Crippen molar-refractivity contribution in [2.24, 2.45) is 0 Å². The second kappa shape index (κ2) is 2.70. The molecule has 0 radical (unpaired) electrons. The summed E-state index contributed by atoms with van der Waals surface area (Å²) in [5.74, 6) is -0.247. The van der Waals surface area contributed by atoms with Crippen molar-refractivity contribution in [3.05, 3.63) is 23.9 Å². The van der Waals surface area contributed by atoms with Crippen LogP contribution in [0.15, 0.2) is 23.9 Å². The molecular formula is C8H9NO2. The quantitative estimate of drug-likeness (QED) is 0.500. The van der Waals surface area contributed by atoms with Crippen molar-refractivity contribution in [1.82, 2.24) is 4.90 Å². The summed E-state index contributed by atoms with van der Waals surface area (Å²) in [6, 6.07) is 0. The van der Waals surface area contributed by atoms with Crippen LogP contribution in [0.25, 0.3) is 0 Å². The Morgan fingerprint density at radius 1 is 1.18 bits per heavy atom. The van der Waals surface area contributed by atoms with Gasteiger partial charge in [-0.25, -0.2) is 0 Å². The average molecular weight is 151 g/mol. The van der Waals surface area contributed by atoms with E-state index in [0.717, 1.165) is 0 Å². The zero-order chi connectivity index (χ0) is 8.43. The lowest BCUT2D eigenvalue weighted by Gasteiger charge is -2.15. The summed E-state index contributed by atoms with van der Waals surface area (Å²) >= 11 is 0. The highest BCUT2D eigenvalue weighted by Gasteiger charge is 2.13. The van der Waals surface area contributed by atoms with Crippen LogP contribution in [-0.4, -0.2) is 30.6 Å². The maximum absolute atomic E-state index is 11.0. The van der Waals surface area contributed by atoms with Gasteiger partial charge in [0, 0.05) is 20.2 Å². The number of nitrogens with zero attached hydrogens (tertiary/aromatic N) is 1. The Balaban J connectivity index is 2.94. The highest BCUT2D eigenvalue weighted by atomic mass is 16.1. The van der Waals surface area contributed by atoms with Gasteiger partial charge < -0.3 is 4.90 Å². The third kappa shape index (κ3) is 1.55. The first-order chi connectivity index (χ1) is 5.11. The summed E-state index contributed by atoms with van der Waals surface area (Å²) in [4.78, 5) is 23.4. The first-order valence-electron chi connectivity index (χ1n) is 3.26. The summed E-state index contributed by atoms with van der Waals surface area (Å²) in [5, 5.41) is 0. The fourth-order valence-electron chi connectivity index (χ4n) is 0.847. The van der Waals surface area contributed by atoms with Gasteiger partial charge in [-0.15, -0.1) is 0 Å². The molecule has 58 valence electrons. The van der Waals surface area contributed by atoms with Crippen molar-refractivity contribution < 1.29 is 9.59 Å². The predicted molar refractivity (Wildman–Crippen MR) is 40.9 cm³/mol. The van der Waals surface area contributed by atoms with Crippen LogP contribution in [-0.2, 0) is 9.59 Å². The second-order valence-corrected chi connectivity index (χ2v) is 2.52. The summed E-state index contributed by atoms with van der Waals surface area (Å²) in [5.41, 5.74) is 0.442. The molecule has 0 fully saturated rings. The number of carbonyl (C=O) groups is 2. The minimum Gasteiger partial charge on any atom is -0.374 e. The van der Waals surface area contributed by atoms with Crippen molar-refractivity contribution in [2.45, 2.75) is 0 Å². The molecule has 0 N–H and O–H groups in total. The lowest BCUT2D eigenvalue weighted by Crippen LogP contribution is -2.21. The standard InChI is InChI=1S/C8H9NO2/c1-9(2)7-5-6(10)3-4-8(7)11/h3-5H,1-2H3. The van der Waals surface area contributed by atoms with Crippen LogP contribution < -0.4 is 0 Å². The number of rotatable bonds is 1. The molecule has 0 unspecified atom stereocenters. The molecule has 0 amide bonds. The Hall–Kier alpha value is -1.38. The number of ketones is 2. The van der Waals surface area contributed by atoms with Crippen LogP contribution in [0.1, 0.15) is 0 Å². The topological polar surface area (TPSA) is 37.4 Å². The molecule has 0 heterocycles. The summed E-state index contributed by atoms with van der Waals surface area (Å²) in [6.45, 7) is 0. The average Bonchev–Trinajstić information content (AvgIpc) is 1.94. The van der Waals surface area contributed by atoms with Crippen molar-refractivity contribution in [1.29, 1.82) is 0 Å². The third-order valence-electron chi connectivity index (χ3n) is 1.41. The van der Waals surface area contributed by atoms with Crippen molar-refractivity contribution >= 4 is 11.6 Å². The lowest BCUT2D eigenvalue weighted by molar-refractivity contribution is -0.115. The van der Waals surface area contributed by atoms with Gasteiger partial charge in [0.15, 0.2) is 5.78 Å². The highest BCUT2D eigenvalue weighted by Crippen LogP contribution is 2.06. The minimum absolute atomic E-state index is 0.116. The van der Waals surface area contributed by atoms with E-state index < -0.39 is 0 Å². The minimum atomic E-state index is -0.131. The fraction of sp³-hybridized carbons (Fsp3) is 0.250. The van der Waals surface area contributed by atoms with Gasteiger partial charge in [-0.2, -0.15) is 0 Å². The van der Waals surface area contributed by atoms with Crippen LogP contribution in [0.3, 0.4) is 0 Å². The highest BCUT2D eigenvalue weighted by molar-refractivity contribution is 6.16. The lowest BCUT2D eigenvalue weighted by atomic mass is 10.1. The fourth-order valence-corrected chi connectivity index (χ4v) is 0.847. The molecular weight excluding hydrogens is 142 g/mol. The number of carbonyl (C=O) groups excluding carboxylic acids is 2. The van der Waals surface area contributed by atoms with E-state index in [1.54, 1.807) is 19.0 Å². The SMILES string of the molecule is CN(C)C1=CC(=O)C=CC1=O. The zero-order valence-electron chi connectivity index (χ0n) is 6.50. The molecule has 0 spiro atoms. The molecule has 11 heavy (non-hydrogen) atoms. The van der Waals surface area contributed by atoms with Crippen molar-refractivity contribution in [2.75, 3.05) is 14.1 Å². The number of hydrogen-bond acceptors (Lipinski definition) is 3. The third-order valence-corrected chi connectivity index (χ3v) is 1.41. The molecule has 1 rings (SSSR count). The molecule has 0 aromatic heterocycles. The van der Waals surface area contributed by atoms with Crippen molar-refractivity contribution in [3.63, 3.8) is 0 Å². The van der Waals surface area contributed by atoms with Gasteiger partial charge in [0.05, 0.1) is 5.70 Å². The van der Waals surface area contributed by atoms with Crippen LogP contribution in [0.4, 0.5) is 0 Å². The van der Waals surface area contributed by atoms with Crippen molar-refractivity contribution in [3.8, 4) is 0 Å². The van der Waals surface area contributed by atoms with E-state index in [0.29, 0.717) is 5.70 Å². The molecule has 3 nitrogen and oxygen atoms in total. The van der Waals surface area contributed by atoms with Gasteiger partial charge in [0.1, 0.15) is 0 Å². The number of likely N-dealkylation sites (N-methyl/N-ethyl adjacent to an activating group) is 1. The molecule has 0 saturated carbocycles. The van der Waals surface area contributed by atoms with E-state index in [1.807, 2.05) is 0 Å². The van der Waals surface area contributed by atoms with E-state index >= 15 is 0 Å². The van der Waals surface area contributed by atoms with Gasteiger partial charge in [0.2, 0.25) is 5.78 Å². The Morgan fingerprint density at radius 3 is 2.27 bits per heavy atom. The summed E-state index contributed by atoms with van der Waals surface area (Å²) < 4.78 is 0. The van der Waals surface area contributed by atoms with Gasteiger partial charge in [0.25, 0.3) is 0 Å². The molecule has 0 atom stereocenters. The summed E-state index contributed by atoms with van der Waals surface area (Å²) in [7, 11) is 3.46. The zero-order valence-corrected chi connectivity index (χ0v) is 6.50. The smallest absolute Gasteiger partial charge is 0.202 e. The molecule has 0 saturated heterocycles. The van der Waals surface area contributed by atoms with Crippen LogP contribution in [0, 0.1) is 0 Å². The second-order valence-electron chi connectivity index (χ2n) is 2.52. The number of hydrogen-bond donors (Lipinski definition) is 0. The van der Waals surface area contributed by atoms with E-state index in [1.165, 1.54) is 18.2 Å². The maximum Gasteiger partial charge on any atom is 0.202 e. The Morgan fingerprint density at radius 2 is 1.82 bits per heavy atom. The molecule has 1 aliphatic rings. The molecule has 3 heteroatoms. The summed E-state index contributed by atoms with van der Waals surface area (Å²) in [6.07, 6.45) is 3.90. The molecule has 0 aromatic carbocycles. The molecule has 0 aromatic rings. The first kappa shape index (κ1) is 7.72. The predicted octanol–water partition coefficient (Wildman–Crippen LogP) is 0.140. The van der Waals surface area contributed by atoms with Gasteiger partial charge in [-0.1, -0.05) is 0 Å². The van der Waals surface area contributed by atoms with Gasteiger partial charge >= 0.3 is 0 Å². The van der Waals surface area contributed by atoms with Gasteiger partial charge in [-0.05, 0) is 12.2 Å². The molecule has 1 aliphatic carbocycles. The van der Waals surface area contributed by atoms with Gasteiger partial charge in [-0.3, -0.25) is 9.59 Å². The van der Waals surface area contributed by atoms with E-state index in [2.05, 4.69) is 0 Å². The van der Waals surface area contributed by atoms with E-state index in [-0.39, 0.29) is 11.6 Å². The monoisotopic (exact) mass is 151 g/mol.